The van der Waals surface area contributed by atoms with E-state index in [0.29, 0.717) is 22.7 Å². The maximum absolute atomic E-state index is 12.3. The van der Waals surface area contributed by atoms with Gasteiger partial charge in [0.1, 0.15) is 5.82 Å². The SMILES string of the molecule is C=Cn1cc(CN2CCC(n3nnc4c(=O)[nH]c(CSCC)nc43)CC2)c(C)n1. The van der Waals surface area contributed by atoms with Gasteiger partial charge < -0.3 is 4.98 Å². The molecular formula is C19H26N8OS. The molecule has 154 valence electrons. The maximum atomic E-state index is 12.3. The lowest BCUT2D eigenvalue weighted by Gasteiger charge is -2.31. The van der Waals surface area contributed by atoms with Gasteiger partial charge in [-0.15, -0.1) is 5.10 Å². The molecule has 0 aromatic carbocycles. The number of thioether (sulfide) groups is 1. The molecule has 0 unspecified atom stereocenters. The molecule has 10 heteroatoms. The lowest BCUT2D eigenvalue weighted by molar-refractivity contribution is 0.174. The van der Waals surface area contributed by atoms with E-state index in [1.54, 1.807) is 22.6 Å². The maximum Gasteiger partial charge on any atom is 0.281 e. The zero-order chi connectivity index (χ0) is 20.4. The molecule has 4 rings (SSSR count). The number of nitrogens with one attached hydrogen (secondary N) is 1. The van der Waals surface area contributed by atoms with Gasteiger partial charge in [0, 0.05) is 37.6 Å². The van der Waals surface area contributed by atoms with Crippen LogP contribution < -0.4 is 5.56 Å². The molecule has 1 aliphatic rings. The molecule has 3 aromatic rings. The van der Waals surface area contributed by atoms with Crippen molar-refractivity contribution >= 4 is 29.1 Å². The summed E-state index contributed by atoms with van der Waals surface area (Å²) in [6, 6.07) is 0.203. The zero-order valence-electron chi connectivity index (χ0n) is 16.8. The summed E-state index contributed by atoms with van der Waals surface area (Å²) in [4.78, 5) is 22.2. The molecular weight excluding hydrogens is 388 g/mol. The summed E-state index contributed by atoms with van der Waals surface area (Å²) in [6.07, 6.45) is 5.63. The van der Waals surface area contributed by atoms with E-state index >= 15 is 0 Å². The topological polar surface area (TPSA) is 97.5 Å². The Hall–Kier alpha value is -2.46. The minimum absolute atomic E-state index is 0.203. The van der Waals surface area contributed by atoms with Crippen molar-refractivity contribution in [1.29, 1.82) is 0 Å². The molecule has 4 heterocycles. The lowest BCUT2D eigenvalue weighted by atomic mass is 10.0. The highest BCUT2D eigenvalue weighted by Gasteiger charge is 2.25. The van der Waals surface area contributed by atoms with Crippen molar-refractivity contribution in [2.24, 2.45) is 0 Å². The number of aromatic amines is 1. The van der Waals surface area contributed by atoms with Crippen molar-refractivity contribution in [3.63, 3.8) is 0 Å². The Kier molecular flexibility index (Phi) is 5.81. The molecule has 0 spiro atoms. The van der Waals surface area contributed by atoms with Crippen LogP contribution in [0.25, 0.3) is 17.4 Å². The molecule has 3 aromatic heterocycles. The number of hydrogen-bond acceptors (Lipinski definition) is 7. The first-order valence-corrected chi connectivity index (χ1v) is 11.1. The molecule has 0 amide bonds. The number of hydrogen-bond donors (Lipinski definition) is 1. The Morgan fingerprint density at radius 1 is 1.38 bits per heavy atom. The van der Waals surface area contributed by atoms with Gasteiger partial charge in [-0.2, -0.15) is 16.9 Å². The molecule has 1 N–H and O–H groups in total. The van der Waals surface area contributed by atoms with Gasteiger partial charge in [0.15, 0.2) is 11.2 Å². The van der Waals surface area contributed by atoms with Crippen LogP contribution in [0.2, 0.25) is 0 Å². The number of nitrogens with zero attached hydrogens (tertiary/aromatic N) is 7. The second kappa shape index (κ2) is 8.50. The Morgan fingerprint density at radius 3 is 2.86 bits per heavy atom. The molecule has 9 nitrogen and oxygen atoms in total. The molecule has 1 saturated heterocycles. The number of likely N-dealkylation sites (tertiary alicyclic amines) is 1. The number of piperidine rings is 1. The van der Waals surface area contributed by atoms with Crippen LogP contribution >= 0.6 is 11.8 Å². The predicted octanol–water partition coefficient (Wildman–Crippen LogP) is 2.21. The van der Waals surface area contributed by atoms with Gasteiger partial charge in [-0.05, 0) is 25.5 Å². The molecule has 0 radical (unpaired) electrons. The van der Waals surface area contributed by atoms with Gasteiger partial charge in [-0.1, -0.05) is 18.7 Å². The van der Waals surface area contributed by atoms with E-state index < -0.39 is 0 Å². The zero-order valence-corrected chi connectivity index (χ0v) is 17.7. The highest BCUT2D eigenvalue weighted by Crippen LogP contribution is 2.25. The minimum Gasteiger partial charge on any atom is -0.308 e. The third-order valence-electron chi connectivity index (χ3n) is 5.33. The third-order valence-corrected chi connectivity index (χ3v) is 6.21. The summed E-state index contributed by atoms with van der Waals surface area (Å²) >= 11 is 1.73. The summed E-state index contributed by atoms with van der Waals surface area (Å²) in [5.41, 5.74) is 2.98. The van der Waals surface area contributed by atoms with Crippen molar-refractivity contribution in [2.45, 2.75) is 45.0 Å². The normalized spacial score (nSPS) is 15.9. The fourth-order valence-corrected chi connectivity index (χ4v) is 4.26. The second-order valence-corrected chi connectivity index (χ2v) is 8.54. The average molecular weight is 415 g/mol. The van der Waals surface area contributed by atoms with E-state index in [-0.39, 0.29) is 11.6 Å². The highest BCUT2D eigenvalue weighted by atomic mass is 32.2. The molecule has 1 fully saturated rings. The van der Waals surface area contributed by atoms with Gasteiger partial charge in [0.2, 0.25) is 0 Å². The number of aromatic nitrogens is 7. The summed E-state index contributed by atoms with van der Waals surface area (Å²) < 4.78 is 3.61. The summed E-state index contributed by atoms with van der Waals surface area (Å²) in [5, 5.41) is 12.8. The summed E-state index contributed by atoms with van der Waals surface area (Å²) in [7, 11) is 0. The smallest absolute Gasteiger partial charge is 0.281 e. The minimum atomic E-state index is -0.208. The number of H-pyrrole nitrogens is 1. The van der Waals surface area contributed by atoms with E-state index in [1.165, 1.54) is 5.56 Å². The average Bonchev–Trinajstić information content (AvgIpc) is 3.31. The van der Waals surface area contributed by atoms with E-state index in [2.05, 4.69) is 43.8 Å². The Morgan fingerprint density at radius 2 is 2.17 bits per heavy atom. The van der Waals surface area contributed by atoms with E-state index in [4.69, 9.17) is 0 Å². The molecule has 0 atom stereocenters. The first-order valence-electron chi connectivity index (χ1n) is 9.90. The van der Waals surface area contributed by atoms with Crippen LogP contribution in [0, 0.1) is 6.92 Å². The number of aryl methyl sites for hydroxylation is 1. The Balaban J connectivity index is 1.47. The van der Waals surface area contributed by atoms with Crippen LogP contribution in [0.1, 0.15) is 42.9 Å². The third kappa shape index (κ3) is 4.13. The van der Waals surface area contributed by atoms with Crippen molar-refractivity contribution in [1.82, 2.24) is 39.6 Å². The van der Waals surface area contributed by atoms with E-state index in [0.717, 1.165) is 43.9 Å². The van der Waals surface area contributed by atoms with Gasteiger partial charge in [0.05, 0.1) is 17.5 Å². The van der Waals surface area contributed by atoms with Crippen LogP contribution in [0.3, 0.4) is 0 Å². The van der Waals surface area contributed by atoms with Gasteiger partial charge in [0.25, 0.3) is 5.56 Å². The second-order valence-electron chi connectivity index (χ2n) is 7.27. The van der Waals surface area contributed by atoms with Crippen molar-refractivity contribution in [3.8, 4) is 0 Å². The summed E-state index contributed by atoms with van der Waals surface area (Å²) in [6.45, 7) is 10.7. The molecule has 0 bridgehead atoms. The quantitative estimate of drug-likeness (QED) is 0.633. The van der Waals surface area contributed by atoms with Crippen LogP contribution in [-0.2, 0) is 12.3 Å². The van der Waals surface area contributed by atoms with E-state index in [9.17, 15) is 4.79 Å². The van der Waals surface area contributed by atoms with Gasteiger partial charge in [-0.25, -0.2) is 14.3 Å². The standard InChI is InChI=1S/C19H26N8OS/c1-4-26-11-14(13(3)23-26)10-25-8-6-15(7-9-25)27-18-17(22-24-27)19(28)21-16(20-18)12-29-5-2/h4,11,15H,1,5-10,12H2,2-3H3,(H,20,21,28). The Bertz CT molecular complexity index is 1060. The van der Waals surface area contributed by atoms with Gasteiger partial charge >= 0.3 is 0 Å². The monoisotopic (exact) mass is 414 g/mol. The van der Waals surface area contributed by atoms with Crippen LogP contribution in [0.5, 0.6) is 0 Å². The molecule has 0 saturated carbocycles. The first-order chi connectivity index (χ1) is 14.1. The van der Waals surface area contributed by atoms with Crippen molar-refractivity contribution in [2.75, 3.05) is 18.8 Å². The number of rotatable bonds is 7. The first kappa shape index (κ1) is 19.8. The molecule has 29 heavy (non-hydrogen) atoms. The fraction of sp³-hybridized carbons (Fsp3) is 0.526. The largest absolute Gasteiger partial charge is 0.308 e. The summed E-state index contributed by atoms with van der Waals surface area (Å²) in [5.74, 6) is 2.34. The fourth-order valence-electron chi connectivity index (χ4n) is 3.73. The molecule has 0 aliphatic carbocycles. The number of fused-ring (bicyclic) bond motifs is 1. The van der Waals surface area contributed by atoms with Crippen LogP contribution in [0.4, 0.5) is 0 Å². The molecule has 1 aliphatic heterocycles. The van der Waals surface area contributed by atoms with Gasteiger partial charge in [-0.3, -0.25) is 9.69 Å². The predicted molar refractivity (Wildman–Crippen MR) is 115 cm³/mol. The van der Waals surface area contributed by atoms with Crippen LogP contribution in [-0.4, -0.2) is 58.5 Å². The Labute approximate surface area is 173 Å². The lowest BCUT2D eigenvalue weighted by Crippen LogP contribution is -2.34. The van der Waals surface area contributed by atoms with E-state index in [1.807, 2.05) is 17.8 Å². The highest BCUT2D eigenvalue weighted by molar-refractivity contribution is 7.98. The van der Waals surface area contributed by atoms with Crippen molar-refractivity contribution < 1.29 is 0 Å². The van der Waals surface area contributed by atoms with Crippen LogP contribution in [0.15, 0.2) is 17.6 Å². The van der Waals surface area contributed by atoms with Crippen molar-refractivity contribution in [3.05, 3.63) is 40.2 Å².